The van der Waals surface area contributed by atoms with Gasteiger partial charge in [0.05, 0.1) is 23.2 Å². The topological polar surface area (TPSA) is 30.7 Å². The molecule has 0 N–H and O–H groups in total. The average molecular weight is 227 g/mol. The molecular weight excluding hydrogens is 214 g/mol. The van der Waals surface area contributed by atoms with E-state index in [0.29, 0.717) is 12.2 Å². The highest BCUT2D eigenvalue weighted by Crippen LogP contribution is 2.28. The third-order valence-corrected chi connectivity index (χ3v) is 3.17. The lowest BCUT2D eigenvalue weighted by atomic mass is 10.1. The molecule has 0 aliphatic heterocycles. The van der Waals surface area contributed by atoms with Gasteiger partial charge >= 0.3 is 5.97 Å². The van der Waals surface area contributed by atoms with Gasteiger partial charge in [-0.25, -0.2) is 4.79 Å². The minimum Gasteiger partial charge on any atom is -0.462 e. The largest absolute Gasteiger partial charge is 0.462 e. The number of hydrogen-bond donors (Lipinski definition) is 0. The van der Waals surface area contributed by atoms with E-state index in [1.807, 2.05) is 38.1 Å². The molecule has 0 saturated heterocycles. The van der Waals surface area contributed by atoms with Crippen LogP contribution in [0.4, 0.5) is 0 Å². The van der Waals surface area contributed by atoms with Gasteiger partial charge in [-0.15, -0.1) is 0 Å². The Morgan fingerprint density at radius 3 is 2.82 bits per heavy atom. The summed E-state index contributed by atoms with van der Waals surface area (Å²) in [4.78, 5) is 12.0. The normalized spacial score (nSPS) is 11.4. The maximum absolute atomic E-state index is 12.0. The van der Waals surface area contributed by atoms with Crippen molar-refractivity contribution in [3.05, 3.63) is 41.5 Å². The number of aryl methyl sites for hydroxylation is 1. The van der Waals surface area contributed by atoms with Crippen molar-refractivity contribution in [3.63, 3.8) is 0 Å². The second-order valence-electron chi connectivity index (χ2n) is 4.11. The van der Waals surface area contributed by atoms with Gasteiger partial charge in [0.2, 0.25) is 0 Å². The quantitative estimate of drug-likeness (QED) is 0.630. The molecule has 17 heavy (non-hydrogen) atoms. The molecule has 0 spiro atoms. The second-order valence-corrected chi connectivity index (χ2v) is 4.11. The van der Waals surface area contributed by atoms with Crippen LogP contribution in [0.1, 0.15) is 22.8 Å². The summed E-state index contributed by atoms with van der Waals surface area (Å²) >= 11 is 0. The molecule has 0 aliphatic rings. The van der Waals surface area contributed by atoms with Crippen molar-refractivity contribution in [2.75, 3.05) is 6.61 Å². The number of carbonyl (C=O) groups is 1. The van der Waals surface area contributed by atoms with Crippen molar-refractivity contribution < 1.29 is 9.53 Å². The standard InChI is InChI=1S/C14H13NO2/c1-3-17-14(16)13-9(2)11-8-7-10-5-4-6-12(13)15(10)11/h4-8H,3H2,1-2H3. The van der Waals surface area contributed by atoms with Gasteiger partial charge in [0.25, 0.3) is 0 Å². The zero-order chi connectivity index (χ0) is 12.0. The van der Waals surface area contributed by atoms with Crippen LogP contribution < -0.4 is 0 Å². The minimum atomic E-state index is -0.235. The summed E-state index contributed by atoms with van der Waals surface area (Å²) in [6.45, 7) is 4.19. The van der Waals surface area contributed by atoms with Crippen molar-refractivity contribution in [2.24, 2.45) is 0 Å². The Labute approximate surface area is 98.9 Å². The van der Waals surface area contributed by atoms with Gasteiger partial charge in [0, 0.05) is 5.52 Å². The fourth-order valence-electron chi connectivity index (χ4n) is 2.43. The van der Waals surface area contributed by atoms with Crippen LogP contribution in [-0.4, -0.2) is 17.0 Å². The van der Waals surface area contributed by atoms with E-state index in [2.05, 4.69) is 10.5 Å². The molecule has 3 rings (SSSR count). The van der Waals surface area contributed by atoms with Gasteiger partial charge in [0.15, 0.2) is 0 Å². The van der Waals surface area contributed by atoms with Crippen molar-refractivity contribution >= 4 is 22.5 Å². The molecule has 86 valence electrons. The minimum absolute atomic E-state index is 0.235. The summed E-state index contributed by atoms with van der Waals surface area (Å²) in [5.74, 6) is -0.235. The van der Waals surface area contributed by atoms with Gasteiger partial charge in [-0.2, -0.15) is 0 Å². The van der Waals surface area contributed by atoms with Crippen LogP contribution in [0.5, 0.6) is 0 Å². The molecule has 3 heteroatoms. The van der Waals surface area contributed by atoms with Crippen molar-refractivity contribution in [1.29, 1.82) is 0 Å². The summed E-state index contributed by atoms with van der Waals surface area (Å²) < 4.78 is 7.22. The van der Waals surface area contributed by atoms with Crippen LogP contribution in [0.2, 0.25) is 0 Å². The monoisotopic (exact) mass is 227 g/mol. The predicted molar refractivity (Wildman–Crippen MR) is 66.8 cm³/mol. The van der Waals surface area contributed by atoms with Crippen LogP contribution in [-0.2, 0) is 4.74 Å². The summed E-state index contributed by atoms with van der Waals surface area (Å²) in [6.07, 6.45) is 0. The molecule has 3 aromatic heterocycles. The SMILES string of the molecule is CCOC(=O)c1c(C)c2ccc3cccc1n32. The van der Waals surface area contributed by atoms with Crippen molar-refractivity contribution in [2.45, 2.75) is 13.8 Å². The van der Waals surface area contributed by atoms with Crippen LogP contribution in [0.15, 0.2) is 30.3 Å². The summed E-state index contributed by atoms with van der Waals surface area (Å²) in [5.41, 5.74) is 4.80. The highest BCUT2D eigenvalue weighted by atomic mass is 16.5. The highest BCUT2D eigenvalue weighted by molar-refractivity contribution is 6.03. The van der Waals surface area contributed by atoms with Crippen LogP contribution in [0.25, 0.3) is 16.6 Å². The summed E-state index contributed by atoms with van der Waals surface area (Å²) in [5, 5.41) is 0. The lowest BCUT2D eigenvalue weighted by molar-refractivity contribution is 0.0528. The molecule has 0 aliphatic carbocycles. The van der Waals surface area contributed by atoms with E-state index < -0.39 is 0 Å². The number of carbonyl (C=O) groups excluding carboxylic acids is 1. The number of ether oxygens (including phenoxy) is 1. The molecule has 0 bridgehead atoms. The molecule has 3 nitrogen and oxygen atoms in total. The average Bonchev–Trinajstić information content (AvgIpc) is 2.85. The second kappa shape index (κ2) is 3.48. The van der Waals surface area contributed by atoms with E-state index in [4.69, 9.17) is 4.74 Å². The molecule has 0 saturated carbocycles. The molecule has 0 atom stereocenters. The lowest BCUT2D eigenvalue weighted by Crippen LogP contribution is -2.05. The first-order valence-electron chi connectivity index (χ1n) is 5.73. The van der Waals surface area contributed by atoms with Gasteiger partial charge in [-0.05, 0) is 43.7 Å². The molecule has 3 heterocycles. The van der Waals surface area contributed by atoms with E-state index in [-0.39, 0.29) is 5.97 Å². The van der Waals surface area contributed by atoms with Crippen LogP contribution >= 0.6 is 0 Å². The van der Waals surface area contributed by atoms with Gasteiger partial charge in [-0.1, -0.05) is 6.07 Å². The number of rotatable bonds is 2. The number of nitrogens with zero attached hydrogens (tertiary/aromatic N) is 1. The number of esters is 1. The van der Waals surface area contributed by atoms with E-state index in [1.165, 1.54) is 0 Å². The Morgan fingerprint density at radius 2 is 2.06 bits per heavy atom. The van der Waals surface area contributed by atoms with Gasteiger partial charge < -0.3 is 9.14 Å². The van der Waals surface area contributed by atoms with Crippen LogP contribution in [0.3, 0.4) is 0 Å². The van der Waals surface area contributed by atoms with Crippen LogP contribution in [0, 0.1) is 6.92 Å². The van der Waals surface area contributed by atoms with Crippen molar-refractivity contribution in [1.82, 2.24) is 4.40 Å². The van der Waals surface area contributed by atoms with Gasteiger partial charge in [-0.3, -0.25) is 0 Å². The van der Waals surface area contributed by atoms with Crippen molar-refractivity contribution in [3.8, 4) is 0 Å². The van der Waals surface area contributed by atoms with Gasteiger partial charge in [0.1, 0.15) is 0 Å². The molecule has 0 unspecified atom stereocenters. The number of hydrogen-bond acceptors (Lipinski definition) is 2. The molecule has 0 fully saturated rings. The Morgan fingerprint density at radius 1 is 1.24 bits per heavy atom. The lowest BCUT2D eigenvalue weighted by Gasteiger charge is -2.02. The third-order valence-electron chi connectivity index (χ3n) is 3.17. The molecular formula is C14H13NO2. The first-order chi connectivity index (χ1) is 8.24. The highest BCUT2D eigenvalue weighted by Gasteiger charge is 2.20. The fraction of sp³-hybridized carbons (Fsp3) is 0.214. The Bertz CT molecular complexity index is 696. The smallest absolute Gasteiger partial charge is 0.340 e. The maximum Gasteiger partial charge on any atom is 0.340 e. The molecule has 0 amide bonds. The van der Waals surface area contributed by atoms with E-state index in [9.17, 15) is 4.79 Å². The van der Waals surface area contributed by atoms with E-state index in [1.54, 1.807) is 0 Å². The molecule has 3 aromatic rings. The number of pyridine rings is 1. The maximum atomic E-state index is 12.0. The summed E-state index contributed by atoms with van der Waals surface area (Å²) in [7, 11) is 0. The first-order valence-corrected chi connectivity index (χ1v) is 5.73. The van der Waals surface area contributed by atoms with E-state index >= 15 is 0 Å². The fourth-order valence-corrected chi connectivity index (χ4v) is 2.43. The Hall–Kier alpha value is -2.03. The Kier molecular flexibility index (Phi) is 2.08. The zero-order valence-corrected chi connectivity index (χ0v) is 9.86. The first kappa shape index (κ1) is 10.1. The summed E-state index contributed by atoms with van der Waals surface area (Å²) in [6, 6.07) is 10.1. The zero-order valence-electron chi connectivity index (χ0n) is 9.86. The third kappa shape index (κ3) is 1.25. The Balaban J connectivity index is 2.37. The van der Waals surface area contributed by atoms with E-state index in [0.717, 1.165) is 22.1 Å². The molecule has 0 radical (unpaired) electrons. The number of aromatic nitrogens is 1. The predicted octanol–water partition coefficient (Wildman–Crippen LogP) is 3.02. The molecule has 0 aromatic carbocycles.